The molecule has 0 fully saturated rings. The number of aliphatic hydroxyl groups is 1. The molecule has 6 atom stereocenters. The molecule has 0 heterocycles. The Labute approximate surface area is 310 Å². The van der Waals surface area contributed by atoms with E-state index in [0.717, 1.165) is 19.3 Å². The van der Waals surface area contributed by atoms with E-state index >= 15 is 0 Å². The lowest BCUT2D eigenvalue weighted by molar-refractivity contribution is -0.136. The molecule has 0 aromatic carbocycles. The van der Waals surface area contributed by atoms with E-state index in [1.807, 2.05) is 0 Å². The second-order valence-corrected chi connectivity index (χ2v) is 15.0. The van der Waals surface area contributed by atoms with Crippen molar-refractivity contribution in [1.82, 2.24) is 10.6 Å². The van der Waals surface area contributed by atoms with Crippen molar-refractivity contribution in [2.45, 2.75) is 193 Å². The van der Waals surface area contributed by atoms with Crippen LogP contribution in [-0.2, 0) is 24.0 Å². The fraction of sp³-hybridized carbons (Fsp3) is 0.872. The summed E-state index contributed by atoms with van der Waals surface area (Å²) < 4.78 is 0. The zero-order valence-electron chi connectivity index (χ0n) is 32.9. The first-order chi connectivity index (χ1) is 24.3. The van der Waals surface area contributed by atoms with Crippen molar-refractivity contribution in [3.63, 3.8) is 0 Å². The van der Waals surface area contributed by atoms with Gasteiger partial charge in [0, 0.05) is 37.5 Å². The first kappa shape index (κ1) is 48.9. The third kappa shape index (κ3) is 23.9. The zero-order chi connectivity index (χ0) is 38.6. The SMILES string of the molecule is CCCCCCCCCCCCCC(=O)C[C@@H](CCCCN)C(=O)N[C@H](C(=O)C[C@@H](C)C(=O)N[C@@H](CCCCN)C(=O)C[C@@H](C)B(C)O)[C@@H](C)O. The number of carbonyl (C=O) groups excluding carboxylic acids is 5. The maximum Gasteiger partial charge on any atom is 0.289 e. The van der Waals surface area contributed by atoms with Gasteiger partial charge in [-0.2, -0.15) is 0 Å². The number of hydrogen-bond acceptors (Lipinski definition) is 9. The van der Waals surface area contributed by atoms with Crippen LogP contribution >= 0.6 is 0 Å². The van der Waals surface area contributed by atoms with Crippen molar-refractivity contribution in [2.24, 2.45) is 23.3 Å². The lowest BCUT2D eigenvalue weighted by Gasteiger charge is -2.25. The summed E-state index contributed by atoms with van der Waals surface area (Å²) in [5, 5.41) is 25.8. The summed E-state index contributed by atoms with van der Waals surface area (Å²) in [6, 6.07) is -2.02. The number of hydrogen-bond donors (Lipinski definition) is 6. The third-order valence-electron chi connectivity index (χ3n) is 9.99. The number of amides is 2. The first-order valence-corrected chi connectivity index (χ1v) is 20.2. The highest BCUT2D eigenvalue weighted by Gasteiger charge is 2.32. The Balaban J connectivity index is 5.18. The normalized spacial score (nSPS) is 14.9. The second-order valence-electron chi connectivity index (χ2n) is 15.0. The number of aliphatic hydroxyl groups excluding tert-OH is 1. The van der Waals surface area contributed by atoms with Crippen LogP contribution in [-0.4, -0.2) is 77.5 Å². The number of Topliss-reactive ketones (excluding diaryl/α,β-unsaturated/α-hetero) is 3. The van der Waals surface area contributed by atoms with E-state index in [9.17, 15) is 34.1 Å². The van der Waals surface area contributed by atoms with Crippen LogP contribution < -0.4 is 22.1 Å². The number of nitrogens with two attached hydrogens (primary N) is 2. The minimum atomic E-state index is -1.25. The van der Waals surface area contributed by atoms with Gasteiger partial charge in [0.15, 0.2) is 11.6 Å². The van der Waals surface area contributed by atoms with Gasteiger partial charge in [0.05, 0.1) is 12.1 Å². The van der Waals surface area contributed by atoms with Crippen molar-refractivity contribution < 1.29 is 34.1 Å². The molecule has 0 aliphatic heterocycles. The molecule has 51 heavy (non-hydrogen) atoms. The van der Waals surface area contributed by atoms with E-state index in [-0.39, 0.29) is 36.6 Å². The van der Waals surface area contributed by atoms with Gasteiger partial charge in [0.2, 0.25) is 11.8 Å². The van der Waals surface area contributed by atoms with Gasteiger partial charge in [-0.15, -0.1) is 0 Å². The number of ketones is 3. The summed E-state index contributed by atoms with van der Waals surface area (Å²) in [4.78, 5) is 65.9. The van der Waals surface area contributed by atoms with Crippen molar-refractivity contribution >= 4 is 36.1 Å². The second kappa shape index (κ2) is 30.3. The van der Waals surface area contributed by atoms with Gasteiger partial charge in [-0.1, -0.05) is 98.2 Å². The Morgan fingerprint density at radius 3 is 1.69 bits per heavy atom. The highest BCUT2D eigenvalue weighted by Crippen LogP contribution is 2.20. The highest BCUT2D eigenvalue weighted by molar-refractivity contribution is 6.50. The van der Waals surface area contributed by atoms with E-state index in [4.69, 9.17) is 11.5 Å². The molecule has 296 valence electrons. The molecule has 0 bridgehead atoms. The van der Waals surface area contributed by atoms with Gasteiger partial charge < -0.3 is 32.2 Å². The molecular formula is C39H75BN4O7. The number of nitrogens with one attached hydrogen (secondary N) is 2. The zero-order valence-corrected chi connectivity index (χ0v) is 32.9. The van der Waals surface area contributed by atoms with Crippen molar-refractivity contribution in [2.75, 3.05) is 13.1 Å². The molecule has 0 aliphatic rings. The molecule has 0 aromatic heterocycles. The van der Waals surface area contributed by atoms with E-state index < -0.39 is 54.5 Å². The van der Waals surface area contributed by atoms with Gasteiger partial charge in [0.1, 0.15) is 11.8 Å². The predicted molar refractivity (Wildman–Crippen MR) is 207 cm³/mol. The fourth-order valence-corrected chi connectivity index (χ4v) is 6.24. The Morgan fingerprint density at radius 1 is 0.647 bits per heavy atom. The van der Waals surface area contributed by atoms with Crippen LogP contribution in [0, 0.1) is 11.8 Å². The summed E-state index contributed by atoms with van der Waals surface area (Å²) in [5.41, 5.74) is 11.3. The Kier molecular flexibility index (Phi) is 29.1. The van der Waals surface area contributed by atoms with Crippen molar-refractivity contribution in [3.8, 4) is 0 Å². The van der Waals surface area contributed by atoms with Crippen LogP contribution in [0.2, 0.25) is 12.6 Å². The van der Waals surface area contributed by atoms with Crippen LogP contribution in [0.25, 0.3) is 0 Å². The molecule has 8 N–H and O–H groups in total. The van der Waals surface area contributed by atoms with Crippen molar-refractivity contribution in [3.05, 3.63) is 0 Å². The van der Waals surface area contributed by atoms with Crippen LogP contribution in [0.3, 0.4) is 0 Å². The summed E-state index contributed by atoms with van der Waals surface area (Å²) in [6.07, 6.45) is 15.7. The van der Waals surface area contributed by atoms with Crippen LogP contribution in [0.4, 0.5) is 0 Å². The molecule has 0 saturated carbocycles. The van der Waals surface area contributed by atoms with Gasteiger partial charge in [0.25, 0.3) is 6.92 Å². The summed E-state index contributed by atoms with van der Waals surface area (Å²) >= 11 is 0. The molecule has 0 saturated heterocycles. The molecule has 0 unspecified atom stereocenters. The molecule has 0 aromatic rings. The maximum absolute atomic E-state index is 13.5. The lowest BCUT2D eigenvalue weighted by atomic mass is 9.58. The smallest absolute Gasteiger partial charge is 0.289 e. The molecule has 12 heteroatoms. The van der Waals surface area contributed by atoms with Crippen LogP contribution in [0.15, 0.2) is 0 Å². The summed E-state index contributed by atoms with van der Waals surface area (Å²) in [5.74, 6) is -3.39. The van der Waals surface area contributed by atoms with Gasteiger partial charge in [-0.3, -0.25) is 24.0 Å². The van der Waals surface area contributed by atoms with E-state index in [2.05, 4.69) is 17.6 Å². The first-order valence-electron chi connectivity index (χ1n) is 20.2. The molecule has 0 aliphatic carbocycles. The molecular weight excluding hydrogens is 647 g/mol. The standard InChI is InChI=1S/C39H75BN4O7/c1-6-7-8-9-10-11-12-13-14-15-16-22-33(46)28-32(21-17-19-24-41)39(50)44-37(31(4)45)36(48)26-29(2)38(49)43-34(23-18-20-25-42)35(47)27-30(3)40(5)51/h29-32,34,37,45,51H,6-28,41-42H2,1-5H3,(H,43,49)(H,44,50)/t29-,30-,31-,32-,34+,37+/m1/s1. The van der Waals surface area contributed by atoms with E-state index in [1.165, 1.54) is 58.3 Å². The largest absolute Gasteiger partial charge is 0.450 e. The van der Waals surface area contributed by atoms with Crippen molar-refractivity contribution in [1.29, 1.82) is 0 Å². The van der Waals surface area contributed by atoms with Gasteiger partial charge >= 0.3 is 0 Å². The summed E-state index contributed by atoms with van der Waals surface area (Å²) in [7, 11) is 0. The Bertz CT molecular complexity index is 981. The number of rotatable bonds is 34. The van der Waals surface area contributed by atoms with E-state index in [0.29, 0.717) is 58.0 Å². The Morgan fingerprint density at radius 2 is 1.18 bits per heavy atom. The molecule has 0 radical (unpaired) electrons. The average Bonchev–Trinajstić information content (AvgIpc) is 3.08. The van der Waals surface area contributed by atoms with Crippen LogP contribution in [0.1, 0.15) is 163 Å². The third-order valence-corrected chi connectivity index (χ3v) is 9.99. The van der Waals surface area contributed by atoms with E-state index in [1.54, 1.807) is 20.7 Å². The average molecular weight is 723 g/mol. The lowest BCUT2D eigenvalue weighted by Crippen LogP contribution is -2.51. The topological polar surface area (TPSA) is 202 Å². The fourth-order valence-electron chi connectivity index (χ4n) is 6.24. The Hall–Kier alpha value is -2.15. The minimum Gasteiger partial charge on any atom is -0.450 e. The van der Waals surface area contributed by atoms with Gasteiger partial charge in [-0.05, 0) is 64.4 Å². The van der Waals surface area contributed by atoms with Gasteiger partial charge in [-0.25, -0.2) is 0 Å². The predicted octanol–water partition coefficient (Wildman–Crippen LogP) is 5.43. The number of unbranched alkanes of at least 4 members (excludes halogenated alkanes) is 12. The molecule has 11 nitrogen and oxygen atoms in total. The summed E-state index contributed by atoms with van der Waals surface area (Å²) in [6.45, 7) is 8.83. The molecule has 0 rings (SSSR count). The molecule has 0 spiro atoms. The maximum atomic E-state index is 13.5. The molecule has 2 amide bonds. The quantitative estimate of drug-likeness (QED) is 0.0370. The highest BCUT2D eigenvalue weighted by atomic mass is 16.3. The van der Waals surface area contributed by atoms with Crippen LogP contribution in [0.5, 0.6) is 0 Å². The monoisotopic (exact) mass is 723 g/mol. The number of carbonyl (C=O) groups is 5. The minimum absolute atomic E-state index is 0.0162.